The third-order valence-corrected chi connectivity index (χ3v) is 4.26. The van der Waals surface area contributed by atoms with E-state index in [4.69, 9.17) is 10.5 Å². The average Bonchev–Trinajstić information content (AvgIpc) is 2.62. The molecule has 21 heavy (non-hydrogen) atoms. The second-order valence-corrected chi connectivity index (χ2v) is 8.56. The summed E-state index contributed by atoms with van der Waals surface area (Å²) in [5.41, 5.74) is 8.29. The van der Waals surface area contributed by atoms with Crippen molar-refractivity contribution in [1.82, 2.24) is 0 Å². The summed E-state index contributed by atoms with van der Waals surface area (Å²) in [6, 6.07) is 2.00. The number of phenolic OH excluding ortho intramolecular Hbond substituents is 1. The third-order valence-electron chi connectivity index (χ3n) is 4.26. The molecular formula is C18H29NO2. The van der Waals surface area contributed by atoms with Crippen LogP contribution in [-0.2, 0) is 17.3 Å². The van der Waals surface area contributed by atoms with Gasteiger partial charge < -0.3 is 15.6 Å². The maximum Gasteiger partial charge on any atom is 0.124 e. The Morgan fingerprint density at radius 1 is 1.19 bits per heavy atom. The van der Waals surface area contributed by atoms with Crippen LogP contribution in [0.3, 0.4) is 0 Å². The predicted molar refractivity (Wildman–Crippen MR) is 87.3 cm³/mol. The standard InChI is InChI=1S/C18H29NO2/c1-16(2,3)12-8-13-11(9-18(7,10-19)21-13)14(15(12)20)17(4,5)6/h8,20H,9-10,19H2,1-7H3. The summed E-state index contributed by atoms with van der Waals surface area (Å²) >= 11 is 0. The maximum absolute atomic E-state index is 10.9. The zero-order valence-corrected chi connectivity index (χ0v) is 14.4. The molecule has 0 radical (unpaired) electrons. The van der Waals surface area contributed by atoms with Gasteiger partial charge in [-0.2, -0.15) is 0 Å². The van der Waals surface area contributed by atoms with Gasteiger partial charge in [-0.1, -0.05) is 41.5 Å². The van der Waals surface area contributed by atoms with E-state index in [1.807, 2.05) is 13.0 Å². The minimum atomic E-state index is -0.370. The first-order valence-electron chi connectivity index (χ1n) is 7.68. The van der Waals surface area contributed by atoms with Crippen LogP contribution in [0.25, 0.3) is 0 Å². The first kappa shape index (κ1) is 16.2. The van der Waals surface area contributed by atoms with Crippen molar-refractivity contribution in [1.29, 1.82) is 0 Å². The quantitative estimate of drug-likeness (QED) is 0.830. The van der Waals surface area contributed by atoms with E-state index in [0.29, 0.717) is 12.3 Å². The van der Waals surface area contributed by atoms with Crippen LogP contribution >= 0.6 is 0 Å². The van der Waals surface area contributed by atoms with Gasteiger partial charge in [0.1, 0.15) is 17.1 Å². The molecule has 0 aromatic heterocycles. The monoisotopic (exact) mass is 291 g/mol. The number of ether oxygens (including phenoxy) is 1. The van der Waals surface area contributed by atoms with Crippen LogP contribution in [0.15, 0.2) is 6.07 Å². The summed E-state index contributed by atoms with van der Waals surface area (Å²) < 4.78 is 6.13. The molecular weight excluding hydrogens is 262 g/mol. The summed E-state index contributed by atoms with van der Waals surface area (Å²) in [5, 5.41) is 10.9. The summed E-state index contributed by atoms with van der Waals surface area (Å²) in [6.45, 7) is 15.2. The highest BCUT2D eigenvalue weighted by molar-refractivity contribution is 5.59. The lowest BCUT2D eigenvalue weighted by Gasteiger charge is -2.29. The SMILES string of the molecule is CC1(CN)Cc2c(cc(C(C)(C)C)c(O)c2C(C)(C)C)O1. The zero-order chi connectivity index (χ0) is 16.2. The molecule has 0 fully saturated rings. The summed E-state index contributed by atoms with van der Waals surface area (Å²) in [5.74, 6) is 1.30. The minimum absolute atomic E-state index is 0.135. The number of hydrogen-bond donors (Lipinski definition) is 2. The van der Waals surface area contributed by atoms with Crippen molar-refractivity contribution in [3.05, 3.63) is 22.8 Å². The van der Waals surface area contributed by atoms with Gasteiger partial charge in [0.15, 0.2) is 0 Å². The van der Waals surface area contributed by atoms with E-state index in [-0.39, 0.29) is 16.4 Å². The fourth-order valence-electron chi connectivity index (χ4n) is 3.12. The van der Waals surface area contributed by atoms with Gasteiger partial charge in [-0.25, -0.2) is 0 Å². The second-order valence-electron chi connectivity index (χ2n) is 8.56. The molecule has 2 rings (SSSR count). The molecule has 1 aliphatic rings. The molecule has 1 atom stereocenters. The number of nitrogens with two attached hydrogens (primary N) is 1. The molecule has 0 saturated heterocycles. The van der Waals surface area contributed by atoms with E-state index in [9.17, 15) is 5.11 Å². The van der Waals surface area contributed by atoms with Crippen LogP contribution in [0.1, 0.15) is 65.2 Å². The van der Waals surface area contributed by atoms with Gasteiger partial charge in [0.2, 0.25) is 0 Å². The first-order chi connectivity index (χ1) is 9.39. The normalized spacial score (nSPS) is 22.1. The van der Waals surface area contributed by atoms with E-state index in [0.717, 1.165) is 28.9 Å². The zero-order valence-electron chi connectivity index (χ0n) is 14.4. The van der Waals surface area contributed by atoms with Crippen molar-refractivity contribution in [2.24, 2.45) is 5.73 Å². The van der Waals surface area contributed by atoms with Gasteiger partial charge >= 0.3 is 0 Å². The summed E-state index contributed by atoms with van der Waals surface area (Å²) in [7, 11) is 0. The number of benzene rings is 1. The van der Waals surface area contributed by atoms with Crippen LogP contribution in [0.5, 0.6) is 11.5 Å². The van der Waals surface area contributed by atoms with Crippen molar-refractivity contribution in [3.63, 3.8) is 0 Å². The largest absolute Gasteiger partial charge is 0.507 e. The van der Waals surface area contributed by atoms with E-state index in [1.165, 1.54) is 0 Å². The lowest BCUT2D eigenvalue weighted by Crippen LogP contribution is -2.39. The number of fused-ring (bicyclic) bond motifs is 1. The second kappa shape index (κ2) is 4.64. The van der Waals surface area contributed by atoms with Gasteiger partial charge in [0.05, 0.1) is 0 Å². The Balaban J connectivity index is 2.74. The lowest BCUT2D eigenvalue weighted by atomic mass is 9.76. The van der Waals surface area contributed by atoms with Crippen molar-refractivity contribution in [3.8, 4) is 11.5 Å². The molecule has 1 aromatic carbocycles. The molecule has 3 N–H and O–H groups in total. The van der Waals surface area contributed by atoms with Crippen molar-refractivity contribution >= 4 is 0 Å². The minimum Gasteiger partial charge on any atom is -0.507 e. The molecule has 0 spiro atoms. The Morgan fingerprint density at radius 2 is 1.76 bits per heavy atom. The van der Waals surface area contributed by atoms with E-state index in [1.54, 1.807) is 0 Å². The molecule has 1 aromatic rings. The van der Waals surface area contributed by atoms with Crippen LogP contribution in [0.2, 0.25) is 0 Å². The smallest absolute Gasteiger partial charge is 0.124 e. The fourth-order valence-corrected chi connectivity index (χ4v) is 3.12. The number of aromatic hydroxyl groups is 1. The highest BCUT2D eigenvalue weighted by Gasteiger charge is 2.40. The summed E-state index contributed by atoms with van der Waals surface area (Å²) in [6.07, 6.45) is 0.753. The third kappa shape index (κ3) is 2.76. The van der Waals surface area contributed by atoms with Gasteiger partial charge in [0.25, 0.3) is 0 Å². The van der Waals surface area contributed by atoms with Crippen molar-refractivity contribution in [2.75, 3.05) is 6.54 Å². The van der Waals surface area contributed by atoms with Crippen molar-refractivity contribution < 1.29 is 9.84 Å². The topological polar surface area (TPSA) is 55.5 Å². The Hall–Kier alpha value is -1.22. The van der Waals surface area contributed by atoms with Gasteiger partial charge in [-0.15, -0.1) is 0 Å². The Morgan fingerprint density at radius 3 is 2.19 bits per heavy atom. The van der Waals surface area contributed by atoms with E-state index < -0.39 is 0 Å². The molecule has 1 unspecified atom stereocenters. The number of hydrogen-bond acceptors (Lipinski definition) is 3. The summed E-state index contributed by atoms with van der Waals surface area (Å²) in [4.78, 5) is 0. The molecule has 118 valence electrons. The molecule has 0 aliphatic carbocycles. The molecule has 1 aliphatic heterocycles. The van der Waals surface area contributed by atoms with Crippen LogP contribution in [0.4, 0.5) is 0 Å². The molecule has 3 nitrogen and oxygen atoms in total. The van der Waals surface area contributed by atoms with Gasteiger partial charge in [0, 0.05) is 29.7 Å². The number of rotatable bonds is 1. The Kier molecular flexibility index (Phi) is 3.57. The molecule has 0 amide bonds. The molecule has 0 bridgehead atoms. The fraction of sp³-hybridized carbons (Fsp3) is 0.667. The lowest BCUT2D eigenvalue weighted by molar-refractivity contribution is 0.125. The van der Waals surface area contributed by atoms with E-state index in [2.05, 4.69) is 41.5 Å². The highest BCUT2D eigenvalue weighted by atomic mass is 16.5. The highest BCUT2D eigenvalue weighted by Crippen LogP contribution is 2.49. The van der Waals surface area contributed by atoms with Crippen molar-refractivity contribution in [2.45, 2.75) is 71.3 Å². The van der Waals surface area contributed by atoms with Crippen LogP contribution in [0, 0.1) is 0 Å². The van der Waals surface area contributed by atoms with E-state index >= 15 is 0 Å². The van der Waals surface area contributed by atoms with Gasteiger partial charge in [-0.05, 0) is 23.8 Å². The average molecular weight is 291 g/mol. The first-order valence-corrected chi connectivity index (χ1v) is 7.68. The Bertz CT molecular complexity index is 564. The molecule has 3 heteroatoms. The molecule has 1 heterocycles. The van der Waals surface area contributed by atoms with Gasteiger partial charge in [-0.3, -0.25) is 0 Å². The predicted octanol–water partition coefficient (Wildman–Crippen LogP) is 3.64. The maximum atomic E-state index is 10.9. The Labute approximate surface area is 128 Å². The van der Waals surface area contributed by atoms with Crippen LogP contribution < -0.4 is 10.5 Å². The number of phenols is 1. The molecule has 0 saturated carbocycles. The van der Waals surface area contributed by atoms with Crippen LogP contribution in [-0.4, -0.2) is 17.3 Å².